The summed E-state index contributed by atoms with van der Waals surface area (Å²) in [7, 11) is 0. The van der Waals surface area contributed by atoms with E-state index in [4.69, 9.17) is 39.1 Å². The van der Waals surface area contributed by atoms with Gasteiger partial charge in [-0.05, 0) is 43.4 Å². The molecule has 1 saturated heterocycles. The normalized spacial score (nSPS) is 18.4. The lowest BCUT2D eigenvalue weighted by atomic mass is 9.99. The summed E-state index contributed by atoms with van der Waals surface area (Å²) < 4.78 is 0. The maximum atomic E-state index is 12.9. The number of primary amides is 1. The van der Waals surface area contributed by atoms with Crippen molar-refractivity contribution in [3.05, 3.63) is 57.6 Å². The second-order valence-electron chi connectivity index (χ2n) is 8.29. The number of nitrogens with zero attached hydrogens (tertiary/aromatic N) is 2. The molecule has 0 spiro atoms. The predicted molar refractivity (Wildman–Crippen MR) is 132 cm³/mol. The molecule has 0 saturated carbocycles. The van der Waals surface area contributed by atoms with Gasteiger partial charge in [0.1, 0.15) is 0 Å². The summed E-state index contributed by atoms with van der Waals surface area (Å²) in [5.74, 6) is -2.75. The van der Waals surface area contributed by atoms with E-state index in [1.54, 1.807) is 12.1 Å². The van der Waals surface area contributed by atoms with Crippen molar-refractivity contribution in [2.75, 3.05) is 26.2 Å². The van der Waals surface area contributed by atoms with Crippen molar-refractivity contribution >= 4 is 47.0 Å². The summed E-state index contributed by atoms with van der Waals surface area (Å²) in [4.78, 5) is 47.7. The fourth-order valence-corrected chi connectivity index (χ4v) is 4.35. The highest BCUT2D eigenvalue weighted by Gasteiger charge is 2.29. The summed E-state index contributed by atoms with van der Waals surface area (Å²) >= 11 is 12.0. The molecule has 2 amide bonds. The van der Waals surface area contributed by atoms with Gasteiger partial charge in [0.25, 0.3) is 0 Å². The van der Waals surface area contributed by atoms with Crippen LogP contribution >= 0.6 is 23.2 Å². The molecule has 4 N–H and O–H groups in total. The van der Waals surface area contributed by atoms with E-state index in [9.17, 15) is 19.2 Å². The van der Waals surface area contributed by atoms with Crippen LogP contribution in [0.1, 0.15) is 31.2 Å². The monoisotopic (exact) mass is 525 g/mol. The standard InChI is InChI=1S/C20H25Cl2N3O2.C4H4O4/c21-17-7-6-14(10-18(17)22)11-19(26)25-9-2-1-5-16(25)13-24-8-3-4-15(12-24)20(23)27;5-3(6)1-2-4(7)8/h4,6-7,10,16H,1-3,5,8-9,11-13H2,(H2,23,27);1-2H,(H,5,6)(H,7,8)/b;2-1-. The molecule has 1 aromatic carbocycles. The average molecular weight is 526 g/mol. The Morgan fingerprint density at radius 2 is 1.71 bits per heavy atom. The second kappa shape index (κ2) is 13.9. The lowest BCUT2D eigenvalue weighted by molar-refractivity contribution is -0.135. The van der Waals surface area contributed by atoms with E-state index in [2.05, 4.69) is 4.90 Å². The lowest BCUT2D eigenvalue weighted by Gasteiger charge is -2.39. The van der Waals surface area contributed by atoms with Gasteiger partial charge in [-0.1, -0.05) is 35.3 Å². The number of rotatable bonds is 7. The van der Waals surface area contributed by atoms with Crippen molar-refractivity contribution in [2.45, 2.75) is 38.1 Å². The van der Waals surface area contributed by atoms with Crippen molar-refractivity contribution in [3.8, 4) is 0 Å². The first-order valence-electron chi connectivity index (χ1n) is 11.1. The highest BCUT2D eigenvalue weighted by molar-refractivity contribution is 6.42. The highest BCUT2D eigenvalue weighted by atomic mass is 35.5. The molecule has 1 aromatic rings. The van der Waals surface area contributed by atoms with E-state index in [0.29, 0.717) is 40.7 Å². The van der Waals surface area contributed by atoms with Gasteiger partial charge in [0.2, 0.25) is 11.8 Å². The van der Waals surface area contributed by atoms with Crippen LogP contribution in [0.25, 0.3) is 0 Å². The molecule has 0 aliphatic carbocycles. The Balaban J connectivity index is 0.000000466. The zero-order valence-electron chi connectivity index (χ0n) is 19.2. The lowest BCUT2D eigenvalue weighted by Crippen LogP contribution is -2.51. The second-order valence-corrected chi connectivity index (χ2v) is 9.10. The highest BCUT2D eigenvalue weighted by Crippen LogP contribution is 2.25. The molecule has 3 rings (SSSR count). The number of piperidine rings is 1. The number of amides is 2. The molecule has 1 atom stereocenters. The predicted octanol–water partition coefficient (Wildman–Crippen LogP) is 2.75. The third-order valence-electron chi connectivity index (χ3n) is 5.67. The van der Waals surface area contributed by atoms with Gasteiger partial charge < -0.3 is 20.8 Å². The van der Waals surface area contributed by atoms with Crippen molar-refractivity contribution in [1.82, 2.24) is 9.80 Å². The molecular formula is C24H29Cl2N3O6. The maximum Gasteiger partial charge on any atom is 0.328 e. The van der Waals surface area contributed by atoms with Crippen molar-refractivity contribution in [3.63, 3.8) is 0 Å². The first-order valence-corrected chi connectivity index (χ1v) is 11.9. The molecule has 0 aromatic heterocycles. The number of carbonyl (C=O) groups is 4. The van der Waals surface area contributed by atoms with Crippen LogP contribution in [-0.2, 0) is 25.6 Å². The zero-order valence-corrected chi connectivity index (χ0v) is 20.7. The Morgan fingerprint density at radius 1 is 1.03 bits per heavy atom. The van der Waals surface area contributed by atoms with E-state index in [1.807, 2.05) is 17.0 Å². The number of halogens is 2. The first kappa shape index (κ1) is 28.4. The number of aliphatic carboxylic acids is 2. The fourth-order valence-electron chi connectivity index (χ4n) is 4.03. The quantitative estimate of drug-likeness (QED) is 0.464. The summed E-state index contributed by atoms with van der Waals surface area (Å²) in [5, 5.41) is 16.6. The number of carboxylic acids is 2. The fraction of sp³-hybridized carbons (Fsp3) is 0.417. The van der Waals surface area contributed by atoms with Gasteiger partial charge in [0.15, 0.2) is 0 Å². The molecule has 190 valence electrons. The summed E-state index contributed by atoms with van der Waals surface area (Å²) in [6.45, 7) is 3.01. The van der Waals surface area contributed by atoms with Gasteiger partial charge in [-0.15, -0.1) is 0 Å². The Bertz CT molecular complexity index is 995. The van der Waals surface area contributed by atoms with Gasteiger partial charge >= 0.3 is 11.9 Å². The van der Waals surface area contributed by atoms with Gasteiger partial charge in [-0.2, -0.15) is 0 Å². The van der Waals surface area contributed by atoms with Crippen LogP contribution in [0.5, 0.6) is 0 Å². The van der Waals surface area contributed by atoms with Gasteiger partial charge in [-0.3, -0.25) is 14.5 Å². The Labute approximate surface area is 213 Å². The molecular weight excluding hydrogens is 497 g/mol. The number of carboxylic acid groups (broad SMARTS) is 2. The molecule has 9 nitrogen and oxygen atoms in total. The Kier molecular flexibility index (Phi) is 11.2. The van der Waals surface area contributed by atoms with Crippen LogP contribution in [0, 0.1) is 0 Å². The number of hydrogen-bond acceptors (Lipinski definition) is 5. The third kappa shape index (κ3) is 9.71. The Hall–Kier alpha value is -2.88. The maximum absolute atomic E-state index is 12.9. The summed E-state index contributed by atoms with van der Waals surface area (Å²) in [5.41, 5.74) is 6.97. The van der Waals surface area contributed by atoms with Crippen molar-refractivity contribution in [1.29, 1.82) is 0 Å². The minimum Gasteiger partial charge on any atom is -0.478 e. The van der Waals surface area contributed by atoms with E-state index < -0.39 is 11.9 Å². The molecule has 1 unspecified atom stereocenters. The van der Waals surface area contributed by atoms with Gasteiger partial charge in [0, 0.05) is 49.9 Å². The molecule has 0 radical (unpaired) electrons. The van der Waals surface area contributed by atoms with E-state index in [0.717, 1.165) is 50.9 Å². The molecule has 0 bridgehead atoms. The van der Waals surface area contributed by atoms with E-state index in [1.165, 1.54) is 0 Å². The van der Waals surface area contributed by atoms with Gasteiger partial charge in [0.05, 0.1) is 16.5 Å². The van der Waals surface area contributed by atoms with Crippen LogP contribution in [0.4, 0.5) is 0 Å². The minimum atomic E-state index is -1.26. The molecule has 11 heteroatoms. The number of nitrogens with two attached hydrogens (primary N) is 1. The molecule has 1 fully saturated rings. The molecule has 2 aliphatic rings. The van der Waals surface area contributed by atoms with Gasteiger partial charge in [-0.25, -0.2) is 9.59 Å². The largest absolute Gasteiger partial charge is 0.478 e. The molecule has 2 heterocycles. The third-order valence-corrected chi connectivity index (χ3v) is 6.41. The average Bonchev–Trinajstić information content (AvgIpc) is 2.81. The molecule has 2 aliphatic heterocycles. The summed E-state index contributed by atoms with van der Waals surface area (Å²) in [6, 6.07) is 5.50. The SMILES string of the molecule is NC(=O)C1=CCCN(CC2CCCCN2C(=O)Cc2ccc(Cl)c(Cl)c2)C1.O=C(O)/C=C\C(=O)O. The zero-order chi connectivity index (χ0) is 26.0. The topological polar surface area (TPSA) is 141 Å². The number of benzene rings is 1. The van der Waals surface area contributed by atoms with Crippen LogP contribution in [-0.4, -0.2) is 76.0 Å². The smallest absolute Gasteiger partial charge is 0.328 e. The Morgan fingerprint density at radius 3 is 2.31 bits per heavy atom. The van der Waals surface area contributed by atoms with Crippen molar-refractivity contribution in [2.24, 2.45) is 5.73 Å². The summed E-state index contributed by atoms with van der Waals surface area (Å²) in [6.07, 6.45) is 7.31. The first-order chi connectivity index (χ1) is 16.6. The van der Waals surface area contributed by atoms with Crippen molar-refractivity contribution < 1.29 is 29.4 Å². The van der Waals surface area contributed by atoms with E-state index >= 15 is 0 Å². The number of hydrogen-bond donors (Lipinski definition) is 3. The number of carbonyl (C=O) groups excluding carboxylic acids is 2. The number of likely N-dealkylation sites (tertiary alicyclic amines) is 1. The van der Waals surface area contributed by atoms with Crippen LogP contribution < -0.4 is 5.73 Å². The van der Waals surface area contributed by atoms with Crippen LogP contribution in [0.3, 0.4) is 0 Å². The van der Waals surface area contributed by atoms with Crippen LogP contribution in [0.15, 0.2) is 42.0 Å². The minimum absolute atomic E-state index is 0.112. The molecule has 35 heavy (non-hydrogen) atoms. The van der Waals surface area contributed by atoms with Crippen LogP contribution in [0.2, 0.25) is 10.0 Å². The van der Waals surface area contributed by atoms with E-state index in [-0.39, 0.29) is 17.9 Å².